The molecule has 0 bridgehead atoms. The van der Waals surface area contributed by atoms with Gasteiger partial charge in [-0.15, -0.1) is 0 Å². The average molecular weight is 406 g/mol. The highest BCUT2D eigenvalue weighted by Crippen LogP contribution is 2.22. The van der Waals surface area contributed by atoms with Gasteiger partial charge in [-0.25, -0.2) is 4.98 Å². The molecule has 1 aromatic heterocycles. The summed E-state index contributed by atoms with van der Waals surface area (Å²) in [5, 5.41) is 3.14. The van der Waals surface area contributed by atoms with Crippen LogP contribution in [0.4, 0.5) is 0 Å². The Labute approximate surface area is 180 Å². The minimum absolute atomic E-state index is 0.0549. The Bertz CT molecular complexity index is 960. The molecule has 3 rings (SSSR count). The second-order valence-corrected chi connectivity index (χ2v) is 8.30. The number of para-hydroxylation sites is 2. The van der Waals surface area contributed by atoms with Crippen LogP contribution in [0.1, 0.15) is 86.6 Å². The lowest BCUT2D eigenvalue weighted by Gasteiger charge is -2.17. The van der Waals surface area contributed by atoms with Crippen LogP contribution in [0, 0.1) is 6.92 Å². The number of fused-ring (bicyclic) bond motifs is 1. The monoisotopic (exact) mass is 405 g/mol. The third kappa shape index (κ3) is 5.71. The molecule has 0 radical (unpaired) electrons. The first-order valence-electron chi connectivity index (χ1n) is 11.4. The molecule has 4 heteroatoms. The maximum atomic E-state index is 12.7. The van der Waals surface area contributed by atoms with Crippen molar-refractivity contribution in [3.8, 4) is 0 Å². The predicted molar refractivity (Wildman–Crippen MR) is 125 cm³/mol. The van der Waals surface area contributed by atoms with Gasteiger partial charge in [0.05, 0.1) is 17.1 Å². The SMILES string of the molecule is CCCCCCCCCn1c(C(C)NC(=O)c2cccc(C)c2)nc2ccccc21. The van der Waals surface area contributed by atoms with Gasteiger partial charge in [0.2, 0.25) is 0 Å². The van der Waals surface area contributed by atoms with Crippen molar-refractivity contribution in [1.82, 2.24) is 14.9 Å². The van der Waals surface area contributed by atoms with Crippen molar-refractivity contribution in [3.63, 3.8) is 0 Å². The average Bonchev–Trinajstić information content (AvgIpc) is 3.12. The maximum absolute atomic E-state index is 12.7. The van der Waals surface area contributed by atoms with E-state index < -0.39 is 0 Å². The molecule has 0 aliphatic rings. The van der Waals surface area contributed by atoms with Gasteiger partial charge >= 0.3 is 0 Å². The van der Waals surface area contributed by atoms with Crippen LogP contribution in [-0.4, -0.2) is 15.5 Å². The number of rotatable bonds is 11. The molecule has 0 aliphatic carbocycles. The van der Waals surface area contributed by atoms with Crippen LogP contribution in [0.2, 0.25) is 0 Å². The van der Waals surface area contributed by atoms with Crippen molar-refractivity contribution in [2.24, 2.45) is 0 Å². The number of hydrogen-bond acceptors (Lipinski definition) is 2. The van der Waals surface area contributed by atoms with E-state index in [0.717, 1.165) is 35.4 Å². The van der Waals surface area contributed by atoms with Crippen LogP contribution in [0.15, 0.2) is 48.5 Å². The number of imidazole rings is 1. The molecular formula is C26H35N3O. The van der Waals surface area contributed by atoms with Crippen molar-refractivity contribution in [2.75, 3.05) is 0 Å². The summed E-state index contributed by atoms with van der Waals surface area (Å²) < 4.78 is 2.29. The Hall–Kier alpha value is -2.62. The number of carbonyl (C=O) groups excluding carboxylic acids is 1. The van der Waals surface area contributed by atoms with Gasteiger partial charge in [-0.1, -0.05) is 75.3 Å². The van der Waals surface area contributed by atoms with Crippen LogP contribution in [0.5, 0.6) is 0 Å². The third-order valence-corrected chi connectivity index (χ3v) is 5.68. The first-order valence-corrected chi connectivity index (χ1v) is 11.4. The molecule has 4 nitrogen and oxygen atoms in total. The van der Waals surface area contributed by atoms with Gasteiger partial charge < -0.3 is 9.88 Å². The predicted octanol–water partition coefficient (Wildman–Crippen LogP) is 6.59. The molecule has 1 amide bonds. The molecule has 0 spiro atoms. The highest BCUT2D eigenvalue weighted by Gasteiger charge is 2.19. The van der Waals surface area contributed by atoms with E-state index in [1.54, 1.807) is 0 Å². The zero-order valence-corrected chi connectivity index (χ0v) is 18.7. The summed E-state index contributed by atoms with van der Waals surface area (Å²) in [6, 6.07) is 15.8. The number of amides is 1. The number of unbranched alkanes of at least 4 members (excludes halogenated alkanes) is 6. The van der Waals surface area contributed by atoms with Gasteiger partial charge in [0, 0.05) is 12.1 Å². The molecule has 1 unspecified atom stereocenters. The van der Waals surface area contributed by atoms with E-state index in [1.165, 1.54) is 38.5 Å². The van der Waals surface area contributed by atoms with E-state index in [9.17, 15) is 4.79 Å². The molecule has 0 fully saturated rings. The van der Waals surface area contributed by atoms with Crippen molar-refractivity contribution in [3.05, 3.63) is 65.5 Å². The van der Waals surface area contributed by atoms with E-state index in [4.69, 9.17) is 4.98 Å². The van der Waals surface area contributed by atoms with Gasteiger partial charge in [-0.3, -0.25) is 4.79 Å². The van der Waals surface area contributed by atoms with Crippen LogP contribution in [0.25, 0.3) is 11.0 Å². The van der Waals surface area contributed by atoms with Crippen molar-refractivity contribution in [1.29, 1.82) is 0 Å². The van der Waals surface area contributed by atoms with Gasteiger partial charge in [-0.05, 0) is 44.5 Å². The van der Waals surface area contributed by atoms with Crippen molar-refractivity contribution in [2.45, 2.75) is 78.3 Å². The summed E-state index contributed by atoms with van der Waals surface area (Å²) in [7, 11) is 0. The normalized spacial score (nSPS) is 12.2. The lowest BCUT2D eigenvalue weighted by Crippen LogP contribution is -2.28. The van der Waals surface area contributed by atoms with Crippen LogP contribution in [0.3, 0.4) is 0 Å². The van der Waals surface area contributed by atoms with Crippen LogP contribution >= 0.6 is 0 Å². The number of aryl methyl sites for hydroxylation is 2. The molecule has 2 aromatic carbocycles. The second kappa shape index (κ2) is 11.0. The number of nitrogens with one attached hydrogen (secondary N) is 1. The topological polar surface area (TPSA) is 46.9 Å². The lowest BCUT2D eigenvalue weighted by molar-refractivity contribution is 0.0937. The Morgan fingerprint density at radius 2 is 1.73 bits per heavy atom. The first-order chi connectivity index (χ1) is 14.6. The number of hydrogen-bond donors (Lipinski definition) is 1. The molecular weight excluding hydrogens is 370 g/mol. The largest absolute Gasteiger partial charge is 0.342 e. The van der Waals surface area contributed by atoms with Gasteiger partial charge in [0.1, 0.15) is 5.82 Å². The third-order valence-electron chi connectivity index (χ3n) is 5.68. The zero-order chi connectivity index (χ0) is 21.3. The van der Waals surface area contributed by atoms with Gasteiger partial charge in [-0.2, -0.15) is 0 Å². The molecule has 160 valence electrons. The summed E-state index contributed by atoms with van der Waals surface area (Å²) in [5.74, 6) is 0.879. The fourth-order valence-corrected chi connectivity index (χ4v) is 4.02. The number of benzene rings is 2. The highest BCUT2D eigenvalue weighted by molar-refractivity contribution is 5.94. The summed E-state index contributed by atoms with van der Waals surface area (Å²) in [4.78, 5) is 17.6. The van der Waals surface area contributed by atoms with Crippen LogP contribution < -0.4 is 5.32 Å². The first kappa shape index (κ1) is 22.1. The standard InChI is InChI=1S/C26H35N3O/c1-4-5-6-7-8-9-12-18-29-24-17-11-10-16-23(24)28-25(29)21(3)27-26(30)22-15-13-14-20(2)19-22/h10-11,13-17,19,21H,4-9,12,18H2,1-3H3,(H,27,30). The van der Waals surface area contributed by atoms with E-state index in [0.29, 0.717) is 5.56 Å². The molecule has 30 heavy (non-hydrogen) atoms. The van der Waals surface area contributed by atoms with E-state index in [2.05, 4.69) is 35.0 Å². The lowest BCUT2D eigenvalue weighted by atomic mass is 10.1. The zero-order valence-electron chi connectivity index (χ0n) is 18.7. The Balaban J connectivity index is 1.69. The molecule has 1 heterocycles. The van der Waals surface area contributed by atoms with Crippen molar-refractivity contribution >= 4 is 16.9 Å². The quantitative estimate of drug-likeness (QED) is 0.366. The minimum atomic E-state index is -0.157. The van der Waals surface area contributed by atoms with E-state index in [-0.39, 0.29) is 11.9 Å². The van der Waals surface area contributed by atoms with Crippen LogP contribution in [-0.2, 0) is 6.54 Å². The molecule has 1 atom stereocenters. The Morgan fingerprint density at radius 3 is 2.50 bits per heavy atom. The van der Waals surface area contributed by atoms with Crippen molar-refractivity contribution < 1.29 is 4.79 Å². The highest BCUT2D eigenvalue weighted by atomic mass is 16.1. The molecule has 0 aliphatic heterocycles. The maximum Gasteiger partial charge on any atom is 0.251 e. The second-order valence-electron chi connectivity index (χ2n) is 8.30. The Kier molecular flexibility index (Phi) is 8.06. The fourth-order valence-electron chi connectivity index (χ4n) is 4.02. The summed E-state index contributed by atoms with van der Waals surface area (Å²) in [6.07, 6.45) is 8.97. The van der Waals surface area contributed by atoms with Gasteiger partial charge in [0.25, 0.3) is 5.91 Å². The Morgan fingerprint density at radius 1 is 1.00 bits per heavy atom. The number of aromatic nitrogens is 2. The fraction of sp³-hybridized carbons (Fsp3) is 0.462. The van der Waals surface area contributed by atoms with E-state index >= 15 is 0 Å². The number of nitrogens with zero attached hydrogens (tertiary/aromatic N) is 2. The summed E-state index contributed by atoms with van der Waals surface area (Å²) in [6.45, 7) is 7.22. The summed E-state index contributed by atoms with van der Waals surface area (Å²) >= 11 is 0. The smallest absolute Gasteiger partial charge is 0.251 e. The molecule has 3 aromatic rings. The number of carbonyl (C=O) groups is 1. The van der Waals surface area contributed by atoms with E-state index in [1.807, 2.05) is 44.2 Å². The molecule has 1 N–H and O–H groups in total. The minimum Gasteiger partial charge on any atom is -0.342 e. The molecule has 0 saturated heterocycles. The molecule has 0 saturated carbocycles. The van der Waals surface area contributed by atoms with Gasteiger partial charge in [0.15, 0.2) is 0 Å². The summed E-state index contributed by atoms with van der Waals surface area (Å²) in [5.41, 5.74) is 3.92.